The van der Waals surface area contributed by atoms with Crippen LogP contribution in [0.4, 0.5) is 0 Å². The summed E-state index contributed by atoms with van der Waals surface area (Å²) in [5.74, 6) is 0.578. The van der Waals surface area contributed by atoms with E-state index in [0.717, 1.165) is 0 Å². The first-order valence-electron chi connectivity index (χ1n) is 14.4. The molecule has 0 aliphatic heterocycles. The second-order valence-corrected chi connectivity index (χ2v) is 11.5. The maximum absolute atomic E-state index is 3.06. The Morgan fingerprint density at radius 1 is 0.556 bits per heavy atom. The van der Waals surface area contributed by atoms with Gasteiger partial charge in [-0.05, 0) is 67.0 Å². The van der Waals surface area contributed by atoms with Gasteiger partial charge in [0.25, 0.3) is 0 Å². The van der Waals surface area contributed by atoms with Crippen molar-refractivity contribution in [3.63, 3.8) is 0 Å². The van der Waals surface area contributed by atoms with E-state index in [1.807, 2.05) is 0 Å². The van der Waals surface area contributed by atoms with E-state index in [1.54, 1.807) is 0 Å². The fourth-order valence-corrected chi connectivity index (χ4v) is 5.74. The number of hydrogen-bond acceptors (Lipinski definition) is 0. The van der Waals surface area contributed by atoms with Gasteiger partial charge in [-0.15, -0.1) is 93.4 Å². The molecule has 238 valence electrons. The van der Waals surface area contributed by atoms with Gasteiger partial charge in [-0.1, -0.05) is 87.4 Å². The average molecular weight is 731 g/mol. The molecule has 4 heteroatoms. The minimum absolute atomic E-state index is 0. The molecule has 0 unspecified atom stereocenters. The second-order valence-electron chi connectivity index (χ2n) is 11.5. The van der Waals surface area contributed by atoms with Gasteiger partial charge >= 0.3 is 30.2 Å². The van der Waals surface area contributed by atoms with E-state index in [1.165, 1.54) is 106 Å². The monoisotopic (exact) mass is 728 g/mol. The third-order valence-electron chi connectivity index (χ3n) is 8.48. The number of fused-ring (bicyclic) bond motifs is 2. The quantitative estimate of drug-likeness (QED) is 0.126. The molecule has 0 atom stereocenters. The summed E-state index contributed by atoms with van der Waals surface area (Å²) in [5, 5.41) is 5.50. The SMILES string of the molecule is Cc1cc2c(-c3cccc(C)c3C)ccc(C)c2[cH-]1.Cc1cccc(-c2cccc3[cH-]c(C(C)C)cc23)c1C.Cl.Cl.[CH3-].[CH3-].[Si]=[Zr]. The summed E-state index contributed by atoms with van der Waals surface area (Å²) in [6, 6.07) is 33.6. The zero-order chi connectivity index (χ0) is 29.8. The topological polar surface area (TPSA) is 0 Å². The van der Waals surface area contributed by atoms with Crippen molar-refractivity contribution in [3.8, 4) is 22.3 Å². The van der Waals surface area contributed by atoms with Crippen LogP contribution < -0.4 is 0 Å². The molecule has 0 N–H and O–H groups in total. The maximum atomic E-state index is 3.06. The van der Waals surface area contributed by atoms with Crippen molar-refractivity contribution in [3.05, 3.63) is 145 Å². The Labute approximate surface area is 302 Å². The molecule has 6 rings (SSSR count). The Kier molecular flexibility index (Phi) is 17.9. The van der Waals surface area contributed by atoms with Crippen LogP contribution in [0.25, 0.3) is 43.8 Å². The zero-order valence-corrected chi connectivity index (χ0v) is 33.6. The van der Waals surface area contributed by atoms with Gasteiger partial charge in [0.05, 0.1) is 0 Å². The van der Waals surface area contributed by atoms with Crippen molar-refractivity contribution < 1.29 is 23.3 Å². The molecule has 0 fully saturated rings. The van der Waals surface area contributed by atoms with Crippen molar-refractivity contribution in [2.24, 2.45) is 0 Å². The molecule has 0 heterocycles. The van der Waals surface area contributed by atoms with E-state index in [4.69, 9.17) is 0 Å². The van der Waals surface area contributed by atoms with Gasteiger partial charge in [0, 0.05) is 0 Å². The van der Waals surface area contributed by atoms with Gasteiger partial charge in [-0.25, -0.2) is 0 Å². The third kappa shape index (κ3) is 9.20. The third-order valence-corrected chi connectivity index (χ3v) is 8.48. The molecule has 0 aliphatic rings. The summed E-state index contributed by atoms with van der Waals surface area (Å²) >= 11 is 1.36. The molecular weight excluding hydrogens is 683 g/mol. The summed E-state index contributed by atoms with van der Waals surface area (Å²) in [7, 11) is 0. The zero-order valence-electron chi connectivity index (χ0n) is 28.6. The number of aryl methyl sites for hydroxylation is 4. The van der Waals surface area contributed by atoms with Crippen molar-refractivity contribution in [2.75, 3.05) is 0 Å². The Bertz CT molecular complexity index is 1820. The number of halogens is 2. The second kappa shape index (κ2) is 18.8. The van der Waals surface area contributed by atoms with Crippen LogP contribution in [0.1, 0.15) is 58.7 Å². The van der Waals surface area contributed by atoms with Gasteiger partial charge in [0.2, 0.25) is 0 Å². The predicted molar refractivity (Wildman–Crippen MR) is 206 cm³/mol. The van der Waals surface area contributed by atoms with Gasteiger partial charge < -0.3 is 14.9 Å². The first kappa shape index (κ1) is 42.8. The summed E-state index contributed by atoms with van der Waals surface area (Å²) in [6.07, 6.45) is 0. The van der Waals surface area contributed by atoms with Crippen molar-refractivity contribution in [2.45, 2.75) is 61.3 Å². The van der Waals surface area contributed by atoms with E-state index < -0.39 is 0 Å². The van der Waals surface area contributed by atoms with Crippen LogP contribution in [0.15, 0.2) is 91.0 Å². The van der Waals surface area contributed by atoms with Gasteiger partial charge in [-0.2, -0.15) is 12.1 Å². The fraction of sp³-hybridized carbons (Fsp3) is 0.220. The van der Waals surface area contributed by atoms with Crippen molar-refractivity contribution >= 4 is 53.2 Å². The first-order chi connectivity index (χ1) is 19.7. The van der Waals surface area contributed by atoms with E-state index in [0.29, 0.717) is 5.92 Å². The Balaban J connectivity index is 0.000000753. The molecule has 45 heavy (non-hydrogen) atoms. The van der Waals surface area contributed by atoms with E-state index >= 15 is 0 Å². The molecule has 0 nitrogen and oxygen atoms in total. The molecule has 0 saturated carbocycles. The van der Waals surface area contributed by atoms with Crippen LogP contribution in [-0.2, 0) is 23.3 Å². The summed E-state index contributed by atoms with van der Waals surface area (Å²) in [6.45, 7) is 20.7. The van der Waals surface area contributed by atoms with E-state index in [2.05, 4.69) is 153 Å². The van der Waals surface area contributed by atoms with Crippen LogP contribution in [0.5, 0.6) is 0 Å². The minimum atomic E-state index is 0. The fourth-order valence-electron chi connectivity index (χ4n) is 5.74. The Morgan fingerprint density at radius 2 is 1.04 bits per heavy atom. The molecule has 0 amide bonds. The van der Waals surface area contributed by atoms with Crippen molar-refractivity contribution in [1.29, 1.82) is 0 Å². The summed E-state index contributed by atoms with van der Waals surface area (Å²) in [4.78, 5) is 0. The van der Waals surface area contributed by atoms with Crippen LogP contribution in [0.3, 0.4) is 0 Å². The van der Waals surface area contributed by atoms with Crippen LogP contribution in [0, 0.1) is 56.4 Å². The van der Waals surface area contributed by atoms with Crippen LogP contribution in [-0.4, -0.2) is 6.88 Å². The number of hydrogen-bond donors (Lipinski definition) is 0. The van der Waals surface area contributed by atoms with Gasteiger partial charge in [0.15, 0.2) is 0 Å². The molecule has 0 aliphatic carbocycles. The average Bonchev–Trinajstić information content (AvgIpc) is 3.58. The Morgan fingerprint density at radius 3 is 1.58 bits per heavy atom. The van der Waals surface area contributed by atoms with E-state index in [9.17, 15) is 0 Å². The van der Waals surface area contributed by atoms with E-state index in [-0.39, 0.29) is 39.7 Å². The molecule has 0 saturated heterocycles. The number of benzene rings is 4. The molecule has 0 aromatic heterocycles. The normalized spacial score (nSPS) is 9.87. The standard InChI is InChI=1S/C20H21.C19H19.2CH3.2ClH.Si.Zr/c1-13(2)17-11-16-8-6-10-19(20(16)12-17)18-9-5-7-14(3)15(18)4;1-12-10-18-14(3)8-9-17(19(18)11-12)16-7-5-6-13(2)15(16)4;;;;;;/h5-13H,1-4H3;5-11H,1-4H3;2*1H3;2*1H;;/q4*-1;;;;. The summed E-state index contributed by atoms with van der Waals surface area (Å²) in [5.41, 5.74) is 15.0. The molecular formula is C41H48Cl2SiZr-4. The van der Waals surface area contributed by atoms with Crippen LogP contribution in [0.2, 0.25) is 0 Å². The predicted octanol–water partition coefficient (Wildman–Crippen LogP) is 12.8. The Hall–Kier alpha value is -2.22. The van der Waals surface area contributed by atoms with Crippen LogP contribution >= 0.6 is 24.8 Å². The van der Waals surface area contributed by atoms with Gasteiger partial charge in [-0.3, -0.25) is 0 Å². The first-order valence-corrected chi connectivity index (χ1v) is 18.6. The molecule has 0 spiro atoms. The molecule has 0 bridgehead atoms. The molecule has 2 radical (unpaired) electrons. The van der Waals surface area contributed by atoms with Gasteiger partial charge in [0.1, 0.15) is 0 Å². The summed E-state index contributed by atoms with van der Waals surface area (Å²) < 4.78 is 0. The molecule has 6 aromatic rings. The molecule has 6 aromatic carbocycles. The number of rotatable bonds is 3. The van der Waals surface area contributed by atoms with Crippen molar-refractivity contribution in [1.82, 2.24) is 0 Å².